The van der Waals surface area contributed by atoms with Crippen molar-refractivity contribution in [3.63, 3.8) is 0 Å². The fourth-order valence-electron chi connectivity index (χ4n) is 3.69. The summed E-state index contributed by atoms with van der Waals surface area (Å²) < 4.78 is 7.82. The fraction of sp³-hybridized carbons (Fsp3) is 0.0667. The van der Waals surface area contributed by atoms with Gasteiger partial charge in [0.05, 0.1) is 12.0 Å². The minimum atomic E-state index is -0.248. The third-order valence-corrected chi connectivity index (χ3v) is 6.46. The smallest absolute Gasteiger partial charge is 0.250 e. The van der Waals surface area contributed by atoms with E-state index in [9.17, 15) is 4.79 Å². The van der Waals surface area contributed by atoms with Gasteiger partial charge in [-0.3, -0.25) is 9.36 Å². The lowest BCUT2D eigenvalue weighted by Crippen LogP contribution is -2.20. The summed E-state index contributed by atoms with van der Waals surface area (Å²) in [5.74, 6) is 2.04. The van der Waals surface area contributed by atoms with Crippen molar-refractivity contribution in [1.29, 1.82) is 0 Å². The standard InChI is InChI=1S/C30H25N5O2S/c1-22-15-17-24(18-16-22)29-33-34-30(35(29)25-10-4-2-5-11-25)38-21-28(36)32-31-20-23-9-8-14-27(19-23)37-26-12-6-3-7-13-26/h2-20H,21H2,1H3,(H,32,36). The monoisotopic (exact) mass is 519 g/mol. The van der Waals surface area contributed by atoms with Gasteiger partial charge >= 0.3 is 0 Å². The molecule has 0 fully saturated rings. The van der Waals surface area contributed by atoms with Crippen LogP contribution >= 0.6 is 11.8 Å². The van der Waals surface area contributed by atoms with E-state index in [1.54, 1.807) is 6.21 Å². The zero-order valence-corrected chi connectivity index (χ0v) is 21.5. The number of nitrogens with zero attached hydrogens (tertiary/aromatic N) is 4. The lowest BCUT2D eigenvalue weighted by molar-refractivity contribution is -0.118. The number of rotatable bonds is 9. The highest BCUT2D eigenvalue weighted by Crippen LogP contribution is 2.28. The first-order valence-corrected chi connectivity index (χ1v) is 13.0. The van der Waals surface area contributed by atoms with Crippen LogP contribution in [0.4, 0.5) is 0 Å². The first-order valence-electron chi connectivity index (χ1n) is 12.0. The minimum Gasteiger partial charge on any atom is -0.457 e. The summed E-state index contributed by atoms with van der Waals surface area (Å²) in [4.78, 5) is 12.5. The van der Waals surface area contributed by atoms with Crippen LogP contribution in [-0.4, -0.2) is 32.6 Å². The number of hydrazone groups is 1. The molecular formula is C30H25N5O2S. The van der Waals surface area contributed by atoms with Gasteiger partial charge in [0.1, 0.15) is 11.5 Å². The van der Waals surface area contributed by atoms with Crippen molar-refractivity contribution in [3.8, 4) is 28.6 Å². The van der Waals surface area contributed by atoms with Crippen molar-refractivity contribution < 1.29 is 9.53 Å². The molecular weight excluding hydrogens is 494 g/mol. The van der Waals surface area contributed by atoms with Crippen LogP contribution in [0.3, 0.4) is 0 Å². The number of carbonyl (C=O) groups excluding carboxylic acids is 1. The minimum absolute atomic E-state index is 0.132. The molecule has 1 heterocycles. The number of hydrogen-bond acceptors (Lipinski definition) is 6. The maximum absolute atomic E-state index is 12.5. The van der Waals surface area contributed by atoms with Crippen molar-refractivity contribution in [2.45, 2.75) is 12.1 Å². The Bertz CT molecular complexity index is 1530. The zero-order chi connectivity index (χ0) is 26.2. The molecule has 5 aromatic rings. The Balaban J connectivity index is 1.24. The number of nitrogens with one attached hydrogen (secondary N) is 1. The number of aryl methyl sites for hydroxylation is 1. The average molecular weight is 520 g/mol. The molecule has 188 valence electrons. The molecule has 0 aliphatic rings. The summed E-state index contributed by atoms with van der Waals surface area (Å²) in [6.45, 7) is 2.04. The van der Waals surface area contributed by atoms with E-state index in [-0.39, 0.29) is 11.7 Å². The molecule has 0 aliphatic carbocycles. The topological polar surface area (TPSA) is 81.4 Å². The molecule has 4 aromatic carbocycles. The number of carbonyl (C=O) groups is 1. The van der Waals surface area contributed by atoms with Gasteiger partial charge in [-0.15, -0.1) is 10.2 Å². The molecule has 0 bridgehead atoms. The summed E-state index contributed by atoms with van der Waals surface area (Å²) in [5.41, 5.74) is 6.43. The van der Waals surface area contributed by atoms with E-state index in [0.717, 1.165) is 28.4 Å². The van der Waals surface area contributed by atoms with Crippen LogP contribution in [0.5, 0.6) is 11.5 Å². The number of ether oxygens (including phenoxy) is 1. The number of thioether (sulfide) groups is 1. The second-order valence-electron chi connectivity index (χ2n) is 8.41. The summed E-state index contributed by atoms with van der Waals surface area (Å²) in [6.07, 6.45) is 1.59. The molecule has 0 radical (unpaired) electrons. The van der Waals surface area contributed by atoms with Crippen LogP contribution in [0.1, 0.15) is 11.1 Å². The number of aromatic nitrogens is 3. The Kier molecular flexibility index (Phi) is 7.91. The third kappa shape index (κ3) is 6.35. The van der Waals surface area contributed by atoms with E-state index in [1.807, 2.05) is 121 Å². The number of hydrogen-bond donors (Lipinski definition) is 1. The normalized spacial score (nSPS) is 11.0. The van der Waals surface area contributed by atoms with Gasteiger partial charge in [0.15, 0.2) is 11.0 Å². The van der Waals surface area contributed by atoms with Crippen molar-refractivity contribution in [2.75, 3.05) is 5.75 Å². The van der Waals surface area contributed by atoms with E-state index in [1.165, 1.54) is 17.3 Å². The molecule has 0 spiro atoms. The molecule has 0 atom stereocenters. The quantitative estimate of drug-likeness (QED) is 0.141. The Morgan fingerprint density at radius 3 is 2.37 bits per heavy atom. The lowest BCUT2D eigenvalue weighted by Gasteiger charge is -2.10. The van der Waals surface area contributed by atoms with E-state index < -0.39 is 0 Å². The van der Waals surface area contributed by atoms with Gasteiger partial charge < -0.3 is 4.74 Å². The Hall–Kier alpha value is -4.69. The highest BCUT2D eigenvalue weighted by Gasteiger charge is 2.17. The maximum atomic E-state index is 12.5. The van der Waals surface area contributed by atoms with Crippen LogP contribution in [0, 0.1) is 6.92 Å². The Morgan fingerprint density at radius 2 is 1.61 bits per heavy atom. The molecule has 0 saturated carbocycles. The molecule has 5 rings (SSSR count). The number of para-hydroxylation sites is 2. The van der Waals surface area contributed by atoms with Crippen molar-refractivity contribution >= 4 is 23.9 Å². The second-order valence-corrected chi connectivity index (χ2v) is 9.36. The van der Waals surface area contributed by atoms with E-state index in [0.29, 0.717) is 10.9 Å². The van der Waals surface area contributed by atoms with Crippen LogP contribution in [-0.2, 0) is 4.79 Å². The third-order valence-electron chi connectivity index (χ3n) is 5.53. The molecule has 0 aliphatic heterocycles. The summed E-state index contributed by atoms with van der Waals surface area (Å²) >= 11 is 1.30. The molecule has 1 aromatic heterocycles. The number of benzene rings is 4. The van der Waals surface area contributed by atoms with Gasteiger partial charge in [0, 0.05) is 11.3 Å². The molecule has 38 heavy (non-hydrogen) atoms. The lowest BCUT2D eigenvalue weighted by atomic mass is 10.1. The summed E-state index contributed by atoms with van der Waals surface area (Å²) in [5, 5.41) is 13.5. The van der Waals surface area contributed by atoms with Crippen molar-refractivity contribution in [2.24, 2.45) is 5.10 Å². The molecule has 0 saturated heterocycles. The summed E-state index contributed by atoms with van der Waals surface area (Å²) in [6, 6.07) is 35.0. The Morgan fingerprint density at radius 1 is 0.895 bits per heavy atom. The van der Waals surface area contributed by atoms with Gasteiger partial charge in [-0.25, -0.2) is 5.43 Å². The van der Waals surface area contributed by atoms with E-state index in [2.05, 4.69) is 20.7 Å². The predicted molar refractivity (Wildman–Crippen MR) is 151 cm³/mol. The SMILES string of the molecule is Cc1ccc(-c2nnc(SCC(=O)NN=Cc3cccc(Oc4ccccc4)c3)n2-c2ccccc2)cc1. The van der Waals surface area contributed by atoms with E-state index >= 15 is 0 Å². The van der Waals surface area contributed by atoms with Crippen LogP contribution in [0.2, 0.25) is 0 Å². The van der Waals surface area contributed by atoms with Crippen LogP contribution in [0.25, 0.3) is 17.1 Å². The molecule has 0 unspecified atom stereocenters. The van der Waals surface area contributed by atoms with Crippen molar-refractivity contribution in [1.82, 2.24) is 20.2 Å². The highest BCUT2D eigenvalue weighted by molar-refractivity contribution is 7.99. The van der Waals surface area contributed by atoms with Crippen LogP contribution < -0.4 is 10.2 Å². The largest absolute Gasteiger partial charge is 0.457 e. The zero-order valence-electron chi connectivity index (χ0n) is 20.7. The second kappa shape index (κ2) is 12.0. The number of amides is 1. The molecule has 7 nitrogen and oxygen atoms in total. The van der Waals surface area contributed by atoms with Gasteiger partial charge in [-0.05, 0) is 48.9 Å². The molecule has 1 N–H and O–H groups in total. The van der Waals surface area contributed by atoms with Gasteiger partial charge in [0.2, 0.25) is 0 Å². The van der Waals surface area contributed by atoms with Gasteiger partial charge in [-0.1, -0.05) is 90.1 Å². The maximum Gasteiger partial charge on any atom is 0.250 e. The average Bonchev–Trinajstić information content (AvgIpc) is 3.37. The van der Waals surface area contributed by atoms with E-state index in [4.69, 9.17) is 4.74 Å². The molecule has 8 heteroatoms. The highest BCUT2D eigenvalue weighted by atomic mass is 32.2. The fourth-order valence-corrected chi connectivity index (χ4v) is 4.43. The summed E-state index contributed by atoms with van der Waals surface area (Å²) in [7, 11) is 0. The molecule has 1 amide bonds. The van der Waals surface area contributed by atoms with Gasteiger partial charge in [0.25, 0.3) is 5.91 Å². The predicted octanol–water partition coefficient (Wildman–Crippen LogP) is 6.28. The van der Waals surface area contributed by atoms with Crippen LogP contribution in [0.15, 0.2) is 119 Å². The first-order chi connectivity index (χ1) is 18.7. The van der Waals surface area contributed by atoms with Gasteiger partial charge in [-0.2, -0.15) is 5.10 Å². The van der Waals surface area contributed by atoms with Crippen molar-refractivity contribution in [3.05, 3.63) is 120 Å². The first kappa shape index (κ1) is 25.0. The Labute approximate surface area is 225 Å².